The summed E-state index contributed by atoms with van der Waals surface area (Å²) in [6, 6.07) is 13.5. The Labute approximate surface area is 142 Å². The van der Waals surface area contributed by atoms with Gasteiger partial charge in [-0.05, 0) is 42.3 Å². The smallest absolute Gasteiger partial charge is 0.120 e. The van der Waals surface area contributed by atoms with E-state index in [4.69, 9.17) is 27.9 Å². The Kier molecular flexibility index (Phi) is 6.56. The van der Waals surface area contributed by atoms with E-state index in [9.17, 15) is 0 Å². The molecular formula is C18H21Cl2NO. The van der Waals surface area contributed by atoms with Gasteiger partial charge >= 0.3 is 0 Å². The van der Waals surface area contributed by atoms with Crippen molar-refractivity contribution in [1.82, 2.24) is 5.32 Å². The second-order valence-corrected chi connectivity index (χ2v) is 6.48. The molecule has 0 bridgehead atoms. The van der Waals surface area contributed by atoms with Crippen LogP contribution in [0.3, 0.4) is 0 Å². The molecule has 0 unspecified atom stereocenters. The molecule has 2 rings (SSSR count). The first kappa shape index (κ1) is 17.1. The van der Waals surface area contributed by atoms with Gasteiger partial charge in [-0.3, -0.25) is 0 Å². The normalized spacial score (nSPS) is 11.0. The van der Waals surface area contributed by atoms with Crippen molar-refractivity contribution in [2.24, 2.45) is 5.92 Å². The van der Waals surface area contributed by atoms with Crippen LogP contribution in [0.1, 0.15) is 25.0 Å². The fourth-order valence-corrected chi connectivity index (χ4v) is 2.58. The lowest BCUT2D eigenvalue weighted by Crippen LogP contribution is -2.18. The maximum atomic E-state index is 6.15. The van der Waals surface area contributed by atoms with Gasteiger partial charge in [0, 0.05) is 22.2 Å². The Balaban J connectivity index is 1.96. The molecule has 0 amide bonds. The molecule has 0 aliphatic carbocycles. The highest BCUT2D eigenvalue weighted by Gasteiger charge is 2.06. The van der Waals surface area contributed by atoms with Gasteiger partial charge in [0.05, 0.1) is 0 Å². The van der Waals surface area contributed by atoms with Crippen LogP contribution in [0.5, 0.6) is 5.75 Å². The molecule has 2 nitrogen and oxygen atoms in total. The summed E-state index contributed by atoms with van der Waals surface area (Å²) in [6.07, 6.45) is 0. The molecule has 0 spiro atoms. The van der Waals surface area contributed by atoms with E-state index < -0.39 is 0 Å². The summed E-state index contributed by atoms with van der Waals surface area (Å²) in [5.74, 6) is 1.46. The fourth-order valence-electron chi connectivity index (χ4n) is 2.08. The largest absolute Gasteiger partial charge is 0.489 e. The van der Waals surface area contributed by atoms with Gasteiger partial charge in [0.2, 0.25) is 0 Å². The molecule has 118 valence electrons. The quantitative estimate of drug-likeness (QED) is 0.738. The van der Waals surface area contributed by atoms with Crippen LogP contribution in [0.4, 0.5) is 0 Å². The molecule has 4 heteroatoms. The summed E-state index contributed by atoms with van der Waals surface area (Å²) >= 11 is 12.3. The van der Waals surface area contributed by atoms with Crippen LogP contribution in [0.25, 0.3) is 0 Å². The minimum atomic E-state index is 0.362. The molecule has 0 atom stereocenters. The summed E-state index contributed by atoms with van der Waals surface area (Å²) in [4.78, 5) is 0. The van der Waals surface area contributed by atoms with Gasteiger partial charge in [-0.15, -0.1) is 0 Å². The molecule has 0 aliphatic heterocycles. The van der Waals surface area contributed by atoms with Gasteiger partial charge in [0.15, 0.2) is 0 Å². The number of halogens is 2. The van der Waals surface area contributed by atoms with E-state index in [1.807, 2.05) is 36.4 Å². The molecule has 2 aromatic rings. The van der Waals surface area contributed by atoms with Crippen molar-refractivity contribution < 1.29 is 4.74 Å². The Morgan fingerprint density at radius 1 is 1.05 bits per heavy atom. The molecule has 0 radical (unpaired) electrons. The van der Waals surface area contributed by atoms with Crippen molar-refractivity contribution in [3.63, 3.8) is 0 Å². The highest BCUT2D eigenvalue weighted by molar-refractivity contribution is 6.35. The molecule has 0 aliphatic rings. The molecule has 0 aromatic heterocycles. The summed E-state index contributed by atoms with van der Waals surface area (Å²) in [5, 5.41) is 4.68. The lowest BCUT2D eigenvalue weighted by molar-refractivity contribution is 0.306. The number of ether oxygens (including phenoxy) is 1. The summed E-state index contributed by atoms with van der Waals surface area (Å²) < 4.78 is 5.83. The summed E-state index contributed by atoms with van der Waals surface area (Å²) in [5.41, 5.74) is 2.01. The monoisotopic (exact) mass is 337 g/mol. The van der Waals surface area contributed by atoms with E-state index in [-0.39, 0.29) is 0 Å². The SMILES string of the molecule is CC(C)CNCc1cccc(OCc2c(Cl)cccc2Cl)c1. The number of nitrogens with one attached hydrogen (secondary N) is 1. The van der Waals surface area contributed by atoms with E-state index >= 15 is 0 Å². The average molecular weight is 338 g/mol. The van der Waals surface area contributed by atoms with Gasteiger partial charge in [-0.25, -0.2) is 0 Å². The van der Waals surface area contributed by atoms with Crippen molar-refractivity contribution in [1.29, 1.82) is 0 Å². The maximum absolute atomic E-state index is 6.15. The van der Waals surface area contributed by atoms with Gasteiger partial charge in [0.1, 0.15) is 12.4 Å². The Morgan fingerprint density at radius 3 is 2.41 bits per heavy atom. The van der Waals surface area contributed by atoms with Crippen LogP contribution in [0.15, 0.2) is 42.5 Å². The minimum absolute atomic E-state index is 0.362. The molecule has 2 aromatic carbocycles. The third-order valence-electron chi connectivity index (χ3n) is 3.23. The zero-order valence-electron chi connectivity index (χ0n) is 12.9. The molecule has 22 heavy (non-hydrogen) atoms. The zero-order chi connectivity index (χ0) is 15.9. The fraction of sp³-hybridized carbons (Fsp3) is 0.333. The zero-order valence-corrected chi connectivity index (χ0v) is 14.4. The van der Waals surface area contributed by atoms with Crippen molar-refractivity contribution in [3.8, 4) is 5.75 Å². The summed E-state index contributed by atoms with van der Waals surface area (Å²) in [7, 11) is 0. The van der Waals surface area contributed by atoms with Crippen LogP contribution < -0.4 is 10.1 Å². The second-order valence-electron chi connectivity index (χ2n) is 5.66. The molecule has 0 heterocycles. The van der Waals surface area contributed by atoms with E-state index in [1.54, 1.807) is 0 Å². The molecule has 1 N–H and O–H groups in total. The highest BCUT2D eigenvalue weighted by Crippen LogP contribution is 2.26. The second kappa shape index (κ2) is 8.42. The van der Waals surface area contributed by atoms with E-state index in [2.05, 4.69) is 25.2 Å². The average Bonchev–Trinajstić information content (AvgIpc) is 2.47. The number of rotatable bonds is 7. The third-order valence-corrected chi connectivity index (χ3v) is 3.93. The number of benzene rings is 2. The first-order valence-corrected chi connectivity index (χ1v) is 8.17. The van der Waals surface area contributed by atoms with Crippen LogP contribution in [-0.4, -0.2) is 6.54 Å². The Bertz CT molecular complexity index is 594. The van der Waals surface area contributed by atoms with E-state index in [0.717, 1.165) is 24.4 Å². The van der Waals surface area contributed by atoms with E-state index in [1.165, 1.54) is 5.56 Å². The first-order chi connectivity index (χ1) is 10.6. The molecular weight excluding hydrogens is 317 g/mol. The van der Waals surface area contributed by atoms with Crippen LogP contribution in [0, 0.1) is 5.92 Å². The molecule has 0 fully saturated rings. The lowest BCUT2D eigenvalue weighted by atomic mass is 10.2. The van der Waals surface area contributed by atoms with Gasteiger partial charge in [-0.2, -0.15) is 0 Å². The Hall–Kier alpha value is -1.22. The summed E-state index contributed by atoms with van der Waals surface area (Å²) in [6.45, 7) is 6.59. The van der Waals surface area contributed by atoms with Crippen LogP contribution >= 0.6 is 23.2 Å². The minimum Gasteiger partial charge on any atom is -0.489 e. The van der Waals surface area contributed by atoms with E-state index in [0.29, 0.717) is 22.6 Å². The van der Waals surface area contributed by atoms with Crippen molar-refractivity contribution in [2.75, 3.05) is 6.54 Å². The Morgan fingerprint density at radius 2 is 1.73 bits per heavy atom. The van der Waals surface area contributed by atoms with Gasteiger partial charge in [0.25, 0.3) is 0 Å². The van der Waals surface area contributed by atoms with Crippen LogP contribution in [-0.2, 0) is 13.2 Å². The maximum Gasteiger partial charge on any atom is 0.120 e. The predicted molar refractivity (Wildman–Crippen MR) is 93.8 cm³/mol. The predicted octanol–water partition coefficient (Wildman–Crippen LogP) is 5.32. The van der Waals surface area contributed by atoms with Gasteiger partial charge < -0.3 is 10.1 Å². The topological polar surface area (TPSA) is 21.3 Å². The van der Waals surface area contributed by atoms with Gasteiger partial charge in [-0.1, -0.05) is 55.2 Å². The third kappa shape index (κ3) is 5.20. The first-order valence-electron chi connectivity index (χ1n) is 7.41. The highest BCUT2D eigenvalue weighted by atomic mass is 35.5. The number of hydrogen-bond donors (Lipinski definition) is 1. The number of hydrogen-bond acceptors (Lipinski definition) is 2. The van der Waals surface area contributed by atoms with Crippen LogP contribution in [0.2, 0.25) is 10.0 Å². The standard InChI is InChI=1S/C18H21Cl2NO/c1-13(2)10-21-11-14-5-3-6-15(9-14)22-12-16-17(19)7-4-8-18(16)20/h3-9,13,21H,10-12H2,1-2H3. The molecule has 0 saturated carbocycles. The van der Waals surface area contributed by atoms with Crippen molar-refractivity contribution >= 4 is 23.2 Å². The van der Waals surface area contributed by atoms with Crippen molar-refractivity contribution in [2.45, 2.75) is 27.0 Å². The van der Waals surface area contributed by atoms with Crippen molar-refractivity contribution in [3.05, 3.63) is 63.6 Å². The lowest BCUT2D eigenvalue weighted by Gasteiger charge is -2.11. The molecule has 0 saturated heterocycles.